The Morgan fingerprint density at radius 3 is 2.67 bits per heavy atom. The van der Waals surface area contributed by atoms with Crippen LogP contribution in [-0.4, -0.2) is 30.4 Å². The van der Waals surface area contributed by atoms with Gasteiger partial charge in [-0.25, -0.2) is 4.79 Å². The molecule has 0 aromatic heterocycles. The van der Waals surface area contributed by atoms with Crippen LogP contribution < -0.4 is 5.32 Å². The van der Waals surface area contributed by atoms with Crippen molar-refractivity contribution in [2.24, 2.45) is 5.92 Å². The zero-order valence-corrected chi connectivity index (χ0v) is 9.58. The highest BCUT2D eigenvalue weighted by molar-refractivity contribution is 5.67. The summed E-state index contributed by atoms with van der Waals surface area (Å²) in [6.45, 7) is 6.27. The molecule has 0 radical (unpaired) electrons. The predicted octanol–water partition coefficient (Wildman–Crippen LogP) is 1.69. The minimum Gasteiger partial charge on any atom is -0.444 e. The second-order valence-electron chi connectivity index (χ2n) is 5.36. The van der Waals surface area contributed by atoms with Crippen LogP contribution >= 0.6 is 0 Å². The van der Waals surface area contributed by atoms with Crippen molar-refractivity contribution in [2.45, 2.75) is 51.4 Å². The van der Waals surface area contributed by atoms with Crippen LogP contribution in [0.2, 0.25) is 0 Å². The Labute approximate surface area is 90.3 Å². The molecule has 4 heteroatoms. The third-order valence-electron chi connectivity index (χ3n) is 2.82. The van der Waals surface area contributed by atoms with Gasteiger partial charge in [-0.05, 0) is 33.6 Å². The first-order valence-corrected chi connectivity index (χ1v) is 5.58. The molecule has 2 aliphatic rings. The molecule has 2 rings (SSSR count). The van der Waals surface area contributed by atoms with Gasteiger partial charge in [-0.2, -0.15) is 0 Å². The average Bonchev–Trinajstić information content (AvgIpc) is 2.74. The van der Waals surface area contributed by atoms with Crippen LogP contribution in [0.5, 0.6) is 0 Å². The fraction of sp³-hybridized carbons (Fsp3) is 0.909. The summed E-state index contributed by atoms with van der Waals surface area (Å²) >= 11 is 0. The number of rotatable bonds is 2. The van der Waals surface area contributed by atoms with Gasteiger partial charge in [-0.1, -0.05) is 0 Å². The van der Waals surface area contributed by atoms with Crippen molar-refractivity contribution in [3.8, 4) is 0 Å². The van der Waals surface area contributed by atoms with E-state index in [1.54, 1.807) is 0 Å². The van der Waals surface area contributed by atoms with Gasteiger partial charge in [0, 0.05) is 12.5 Å². The Kier molecular flexibility index (Phi) is 2.63. The number of hydrogen-bond acceptors (Lipinski definition) is 3. The molecular weight excluding hydrogens is 194 g/mol. The van der Waals surface area contributed by atoms with Crippen molar-refractivity contribution in [3.63, 3.8) is 0 Å². The van der Waals surface area contributed by atoms with E-state index in [0.717, 1.165) is 12.8 Å². The quantitative estimate of drug-likeness (QED) is 0.710. The van der Waals surface area contributed by atoms with Crippen LogP contribution in [0.25, 0.3) is 0 Å². The molecule has 86 valence electrons. The van der Waals surface area contributed by atoms with E-state index in [0.29, 0.717) is 24.7 Å². The zero-order chi connectivity index (χ0) is 11.1. The van der Waals surface area contributed by atoms with Gasteiger partial charge < -0.3 is 14.8 Å². The number of ether oxygens (including phenoxy) is 2. The van der Waals surface area contributed by atoms with Crippen LogP contribution in [0.4, 0.5) is 4.79 Å². The Morgan fingerprint density at radius 2 is 2.20 bits per heavy atom. The van der Waals surface area contributed by atoms with Crippen molar-refractivity contribution in [2.75, 3.05) is 6.54 Å². The molecule has 1 saturated heterocycles. The first-order chi connectivity index (χ1) is 6.96. The van der Waals surface area contributed by atoms with Gasteiger partial charge in [0.05, 0.1) is 12.2 Å². The molecule has 2 fully saturated rings. The second kappa shape index (κ2) is 3.67. The van der Waals surface area contributed by atoms with Gasteiger partial charge >= 0.3 is 6.09 Å². The zero-order valence-electron chi connectivity index (χ0n) is 9.58. The second-order valence-corrected chi connectivity index (χ2v) is 5.36. The average molecular weight is 213 g/mol. The SMILES string of the molecule is CC(C)(C)OC(=O)NCC1CCC2OC12. The number of carbonyl (C=O) groups is 1. The largest absolute Gasteiger partial charge is 0.444 e. The van der Waals surface area contributed by atoms with E-state index >= 15 is 0 Å². The van der Waals surface area contributed by atoms with E-state index < -0.39 is 5.60 Å². The number of alkyl carbamates (subject to hydrolysis) is 1. The van der Waals surface area contributed by atoms with Crippen LogP contribution in [0, 0.1) is 5.92 Å². The van der Waals surface area contributed by atoms with E-state index in [1.807, 2.05) is 20.8 Å². The molecule has 15 heavy (non-hydrogen) atoms. The number of hydrogen-bond donors (Lipinski definition) is 1. The van der Waals surface area contributed by atoms with Crippen LogP contribution in [0.15, 0.2) is 0 Å². The normalized spacial score (nSPS) is 33.4. The van der Waals surface area contributed by atoms with Crippen molar-refractivity contribution in [3.05, 3.63) is 0 Å². The molecule has 0 aromatic rings. The monoisotopic (exact) mass is 213 g/mol. The lowest BCUT2D eigenvalue weighted by Gasteiger charge is -2.20. The Bertz CT molecular complexity index is 259. The van der Waals surface area contributed by atoms with E-state index in [9.17, 15) is 4.79 Å². The first-order valence-electron chi connectivity index (χ1n) is 5.58. The molecule has 1 aliphatic heterocycles. The molecule has 0 bridgehead atoms. The molecule has 0 spiro atoms. The molecule has 3 atom stereocenters. The summed E-state index contributed by atoms with van der Waals surface area (Å²) in [5.74, 6) is 0.488. The molecule has 1 saturated carbocycles. The number of carbonyl (C=O) groups excluding carboxylic acids is 1. The fourth-order valence-electron chi connectivity index (χ4n) is 2.09. The third kappa shape index (κ3) is 2.84. The lowest BCUT2D eigenvalue weighted by atomic mass is 10.1. The molecule has 1 aliphatic carbocycles. The Hall–Kier alpha value is -0.770. The summed E-state index contributed by atoms with van der Waals surface area (Å²) in [7, 11) is 0. The summed E-state index contributed by atoms with van der Waals surface area (Å²) in [6.07, 6.45) is 2.86. The van der Waals surface area contributed by atoms with E-state index in [-0.39, 0.29) is 6.09 Å². The minimum absolute atomic E-state index is 0.327. The van der Waals surface area contributed by atoms with Crippen molar-refractivity contribution < 1.29 is 14.3 Å². The fourth-order valence-corrected chi connectivity index (χ4v) is 2.09. The molecule has 1 heterocycles. The van der Waals surface area contributed by atoms with Crippen LogP contribution in [-0.2, 0) is 9.47 Å². The standard InChI is InChI=1S/C11H19NO3/c1-11(2,3)15-10(13)12-6-7-4-5-8-9(7)14-8/h7-9H,4-6H2,1-3H3,(H,12,13). The molecule has 1 amide bonds. The van der Waals surface area contributed by atoms with Crippen molar-refractivity contribution in [1.29, 1.82) is 0 Å². The number of epoxide rings is 1. The van der Waals surface area contributed by atoms with Gasteiger partial charge in [-0.3, -0.25) is 0 Å². The Morgan fingerprint density at radius 1 is 1.47 bits per heavy atom. The maximum absolute atomic E-state index is 11.4. The van der Waals surface area contributed by atoms with Crippen LogP contribution in [0.1, 0.15) is 33.6 Å². The summed E-state index contributed by atoms with van der Waals surface area (Å²) < 4.78 is 10.6. The summed E-state index contributed by atoms with van der Waals surface area (Å²) in [5, 5.41) is 2.80. The maximum atomic E-state index is 11.4. The summed E-state index contributed by atoms with van der Waals surface area (Å²) in [6, 6.07) is 0. The summed E-state index contributed by atoms with van der Waals surface area (Å²) in [4.78, 5) is 11.4. The topological polar surface area (TPSA) is 50.9 Å². The molecule has 1 N–H and O–H groups in total. The molecule has 4 nitrogen and oxygen atoms in total. The third-order valence-corrected chi connectivity index (χ3v) is 2.82. The van der Waals surface area contributed by atoms with E-state index in [2.05, 4.69) is 5.32 Å². The molecular formula is C11H19NO3. The highest BCUT2D eigenvalue weighted by atomic mass is 16.6. The number of fused-ring (bicyclic) bond motifs is 1. The molecule has 3 unspecified atom stereocenters. The Balaban J connectivity index is 1.67. The van der Waals surface area contributed by atoms with Gasteiger partial charge in [0.15, 0.2) is 0 Å². The van der Waals surface area contributed by atoms with Gasteiger partial charge in [0.2, 0.25) is 0 Å². The highest BCUT2D eigenvalue weighted by Gasteiger charge is 2.49. The minimum atomic E-state index is -0.418. The number of amides is 1. The highest BCUT2D eigenvalue weighted by Crippen LogP contribution is 2.42. The van der Waals surface area contributed by atoms with Gasteiger partial charge in [0.1, 0.15) is 5.60 Å². The lowest BCUT2D eigenvalue weighted by molar-refractivity contribution is 0.0515. The van der Waals surface area contributed by atoms with Crippen molar-refractivity contribution >= 4 is 6.09 Å². The smallest absolute Gasteiger partial charge is 0.407 e. The lowest BCUT2D eigenvalue weighted by Crippen LogP contribution is -2.35. The van der Waals surface area contributed by atoms with Gasteiger partial charge in [0.25, 0.3) is 0 Å². The van der Waals surface area contributed by atoms with E-state index in [4.69, 9.17) is 9.47 Å². The van der Waals surface area contributed by atoms with Crippen molar-refractivity contribution in [1.82, 2.24) is 5.32 Å². The van der Waals surface area contributed by atoms with E-state index in [1.165, 1.54) is 0 Å². The maximum Gasteiger partial charge on any atom is 0.407 e. The van der Waals surface area contributed by atoms with Crippen LogP contribution in [0.3, 0.4) is 0 Å². The molecule has 0 aromatic carbocycles. The number of nitrogens with one attached hydrogen (secondary N) is 1. The first kappa shape index (κ1) is 10.7. The predicted molar refractivity (Wildman–Crippen MR) is 55.6 cm³/mol. The summed E-state index contributed by atoms with van der Waals surface area (Å²) in [5.41, 5.74) is -0.418. The van der Waals surface area contributed by atoms with Gasteiger partial charge in [-0.15, -0.1) is 0 Å².